The van der Waals surface area contributed by atoms with E-state index in [-0.39, 0.29) is 36.2 Å². The van der Waals surface area contributed by atoms with E-state index in [9.17, 15) is 19.2 Å². The number of nitrogens with zero attached hydrogens (tertiary/aromatic N) is 2. The Morgan fingerprint density at radius 2 is 0.788 bits per heavy atom. The average molecular weight is 562 g/mol. The number of methoxy groups -OCH3 is 4. The van der Waals surface area contributed by atoms with Gasteiger partial charge in [0.25, 0.3) is 0 Å². The monoisotopic (exact) mass is 564 g/mol. The van der Waals surface area contributed by atoms with Gasteiger partial charge in [-0.25, -0.2) is 0 Å². The molecule has 0 aliphatic rings. The van der Waals surface area contributed by atoms with Crippen LogP contribution in [0.5, 0.6) is 0 Å². The maximum absolute atomic E-state index is 11.6. The normalized spacial score (nSPS) is 9.52. The second kappa shape index (κ2) is 26.7. The summed E-state index contributed by atoms with van der Waals surface area (Å²) in [7, 11) is 6.29. The number of carbonyl (C=O) groups excluding carboxylic acids is 4. The van der Waals surface area contributed by atoms with Gasteiger partial charge in [-0.2, -0.15) is 0 Å². The van der Waals surface area contributed by atoms with Crippen LogP contribution in [0.1, 0.15) is 26.7 Å². The van der Waals surface area contributed by atoms with Crippen molar-refractivity contribution in [1.29, 1.82) is 0 Å². The van der Waals surface area contributed by atoms with Crippen LogP contribution in [0.25, 0.3) is 0 Å². The number of hydrogen-bond acceptors (Lipinski definition) is 10. The molecule has 13 heteroatoms. The molecule has 0 saturated heterocycles. The van der Waals surface area contributed by atoms with Gasteiger partial charge < -0.3 is 28.7 Å². The van der Waals surface area contributed by atoms with Crippen LogP contribution in [0.4, 0.5) is 0 Å². The van der Waals surface area contributed by atoms with Crippen molar-refractivity contribution in [3.63, 3.8) is 0 Å². The number of ketones is 2. The molecule has 12 nitrogen and oxygen atoms in total. The second-order valence-corrected chi connectivity index (χ2v) is 6.89. The first-order valence-electron chi connectivity index (χ1n) is 10.1. The van der Waals surface area contributed by atoms with Crippen molar-refractivity contribution >= 4 is 23.4 Å². The topological polar surface area (TPSA) is 146 Å². The van der Waals surface area contributed by atoms with Crippen LogP contribution in [0.15, 0.2) is 0 Å². The van der Waals surface area contributed by atoms with Gasteiger partial charge in [-0.05, 0) is 13.8 Å². The van der Waals surface area contributed by atoms with E-state index in [2.05, 4.69) is 0 Å². The summed E-state index contributed by atoms with van der Waals surface area (Å²) in [6.07, 6.45) is -0.0964. The standard InChI is InChI=1S/2C10H19NO4.Mo.2O/c2*1-9(12)8-10(13)11(4-6-14-2)5-7-15-3;;;/h2*4-8H2,1-3H3;;;. The van der Waals surface area contributed by atoms with Crippen LogP contribution >= 0.6 is 0 Å². The van der Waals surface area contributed by atoms with Crippen LogP contribution in [-0.4, -0.2) is 114 Å². The molecule has 0 unspecified atom stereocenters. The van der Waals surface area contributed by atoms with Crippen LogP contribution in [0, 0.1) is 0 Å². The van der Waals surface area contributed by atoms with Gasteiger partial charge in [0.1, 0.15) is 11.6 Å². The Morgan fingerprint density at radius 3 is 0.939 bits per heavy atom. The summed E-state index contributed by atoms with van der Waals surface area (Å²) < 4.78 is 36.6. The number of ether oxygens (including phenoxy) is 4. The predicted molar refractivity (Wildman–Crippen MR) is 113 cm³/mol. The molecule has 0 aromatic heterocycles. The molecule has 0 bridgehead atoms. The summed E-state index contributed by atoms with van der Waals surface area (Å²) in [4.78, 5) is 47.9. The average Bonchev–Trinajstić information content (AvgIpc) is 2.74. The minimum atomic E-state index is -2.03. The molecule has 0 radical (unpaired) electrons. The van der Waals surface area contributed by atoms with Crippen LogP contribution < -0.4 is 0 Å². The van der Waals surface area contributed by atoms with Crippen LogP contribution in [0.2, 0.25) is 0 Å². The molecule has 2 amide bonds. The molecule has 0 saturated carbocycles. The Hall–Kier alpha value is -1.59. The van der Waals surface area contributed by atoms with Gasteiger partial charge in [0, 0.05) is 54.6 Å². The minimum absolute atomic E-state index is 0.0482. The van der Waals surface area contributed by atoms with E-state index in [1.54, 1.807) is 38.2 Å². The van der Waals surface area contributed by atoms with Crippen molar-refractivity contribution < 1.29 is 63.4 Å². The van der Waals surface area contributed by atoms with Gasteiger partial charge in [0.05, 0.1) is 39.3 Å². The van der Waals surface area contributed by atoms with Crippen LogP contribution in [-0.2, 0) is 63.4 Å². The first kappa shape index (κ1) is 36.0. The Balaban J connectivity index is -0.000000487. The molecule has 0 heterocycles. The van der Waals surface area contributed by atoms with Crippen molar-refractivity contribution in [2.24, 2.45) is 0 Å². The van der Waals surface area contributed by atoms with E-state index in [0.717, 1.165) is 0 Å². The fourth-order valence-electron chi connectivity index (χ4n) is 2.18. The molecule has 0 N–H and O–H groups in total. The first-order valence-corrected chi connectivity index (χ1v) is 11.7. The summed E-state index contributed by atoms with van der Waals surface area (Å²) in [6.45, 7) is 6.64. The first-order chi connectivity index (χ1) is 15.6. The van der Waals surface area contributed by atoms with Gasteiger partial charge in [-0.3, -0.25) is 19.2 Å². The third kappa shape index (κ3) is 26.5. The van der Waals surface area contributed by atoms with Crippen LogP contribution in [0.3, 0.4) is 0 Å². The second-order valence-electron chi connectivity index (χ2n) is 6.56. The van der Waals surface area contributed by atoms with Gasteiger partial charge >= 0.3 is 25.3 Å². The van der Waals surface area contributed by atoms with Crippen molar-refractivity contribution in [1.82, 2.24) is 9.80 Å². The van der Waals surface area contributed by atoms with Crippen molar-refractivity contribution in [3.05, 3.63) is 0 Å². The van der Waals surface area contributed by atoms with Crippen molar-refractivity contribution in [3.8, 4) is 0 Å². The molecule has 0 rings (SSSR count). The molecule has 0 aliphatic carbocycles. The SMILES string of the molecule is COCCN(CCOC)C(=O)CC(C)=O.COCCN(CCOC)C(=O)CC(C)=O.[O]=[Mo]=[O]. The van der Waals surface area contributed by atoms with Gasteiger partial charge in [-0.15, -0.1) is 0 Å². The third-order valence-electron chi connectivity index (χ3n) is 3.77. The van der Waals surface area contributed by atoms with E-state index < -0.39 is 18.5 Å². The number of amides is 2. The zero-order valence-electron chi connectivity index (χ0n) is 20.5. The molecule has 0 aromatic rings. The number of hydrogen-bond donors (Lipinski definition) is 0. The fourth-order valence-corrected chi connectivity index (χ4v) is 2.18. The molecule has 33 heavy (non-hydrogen) atoms. The van der Waals surface area contributed by atoms with E-state index in [4.69, 9.17) is 25.7 Å². The molecule has 0 fully saturated rings. The quantitative estimate of drug-likeness (QED) is 0.185. The fraction of sp³-hybridized carbons (Fsp3) is 0.800. The van der Waals surface area contributed by atoms with E-state index in [1.807, 2.05) is 0 Å². The molecule has 0 atom stereocenters. The number of rotatable bonds is 16. The predicted octanol–water partition coefficient (Wildman–Crippen LogP) is -0.0663. The zero-order valence-corrected chi connectivity index (χ0v) is 22.5. The molecule has 0 aromatic carbocycles. The van der Waals surface area contributed by atoms with Gasteiger partial charge in [0.15, 0.2) is 0 Å². The summed E-state index contributed by atoms with van der Waals surface area (Å²) in [5.74, 6) is -0.590. The molecule has 0 aliphatic heterocycles. The Morgan fingerprint density at radius 1 is 0.576 bits per heavy atom. The van der Waals surface area contributed by atoms with Gasteiger partial charge in [-0.1, -0.05) is 0 Å². The Labute approximate surface area is 204 Å². The Kier molecular flexibility index (Phi) is 29.1. The third-order valence-corrected chi connectivity index (χ3v) is 3.77. The van der Waals surface area contributed by atoms with E-state index in [1.165, 1.54) is 13.8 Å². The summed E-state index contributed by atoms with van der Waals surface area (Å²) in [5.41, 5.74) is 0. The zero-order chi connectivity index (χ0) is 26.1. The number of Topliss-reactive ketones (excluding diaryl/α,β-unsaturated/α-hetero) is 2. The van der Waals surface area contributed by atoms with Gasteiger partial charge in [0.2, 0.25) is 11.8 Å². The van der Waals surface area contributed by atoms with E-state index >= 15 is 0 Å². The maximum atomic E-state index is 11.6. The molecular weight excluding hydrogens is 524 g/mol. The van der Waals surface area contributed by atoms with Crippen molar-refractivity contribution in [2.75, 3.05) is 81.0 Å². The van der Waals surface area contributed by atoms with E-state index in [0.29, 0.717) is 52.6 Å². The summed E-state index contributed by atoms with van der Waals surface area (Å²) >= 11 is -2.03. The Bertz CT molecular complexity index is 523. The molecule has 194 valence electrons. The molecule has 0 spiro atoms. The summed E-state index contributed by atoms with van der Waals surface area (Å²) in [6, 6.07) is 0. The van der Waals surface area contributed by atoms with Crippen molar-refractivity contribution in [2.45, 2.75) is 26.7 Å². The number of carbonyl (C=O) groups is 4. The summed E-state index contributed by atoms with van der Waals surface area (Å²) in [5, 5.41) is 0. The molecular formula is C20H38MoN2O10.